The Bertz CT molecular complexity index is 730. The number of hydrogen-bond acceptors (Lipinski definition) is 6. The predicted molar refractivity (Wildman–Crippen MR) is 111 cm³/mol. The summed E-state index contributed by atoms with van der Waals surface area (Å²) in [6.07, 6.45) is 0.245. The Balaban J connectivity index is 1.70. The van der Waals surface area contributed by atoms with Crippen LogP contribution in [-0.4, -0.2) is 79.7 Å². The van der Waals surface area contributed by atoms with Crippen LogP contribution in [0.4, 0.5) is 10.5 Å². The fourth-order valence-corrected chi connectivity index (χ4v) is 3.95. The number of carbonyl (C=O) groups excluding carboxylic acids is 2. The molecule has 0 aliphatic carbocycles. The number of carbonyl (C=O) groups is 2. The van der Waals surface area contributed by atoms with Gasteiger partial charge in [-0.1, -0.05) is 6.07 Å². The quantitative estimate of drug-likeness (QED) is 0.662. The number of hydrogen-bond donors (Lipinski definition) is 3. The monoisotopic (exact) mass is 421 g/mol. The molecule has 3 amide bonds. The van der Waals surface area contributed by atoms with E-state index in [9.17, 15) is 14.7 Å². The van der Waals surface area contributed by atoms with Crippen molar-refractivity contribution in [1.82, 2.24) is 10.2 Å². The van der Waals surface area contributed by atoms with Crippen molar-refractivity contribution in [2.75, 3.05) is 38.7 Å². The zero-order valence-electron chi connectivity index (χ0n) is 17.5. The van der Waals surface area contributed by atoms with Crippen LogP contribution < -0.4 is 15.4 Å². The minimum atomic E-state index is -0.782. The molecule has 3 N–H and O–H groups in total. The number of β-amino-alcohol motifs (C(OH)–C–C–N with tert-alkyl or cyclic N) is 1. The molecule has 4 atom stereocenters. The Morgan fingerprint density at radius 2 is 2.13 bits per heavy atom. The zero-order chi connectivity index (χ0) is 21.5. The predicted octanol–water partition coefficient (Wildman–Crippen LogP) is 1.36. The molecule has 166 valence electrons. The molecule has 2 heterocycles. The third-order valence-electron chi connectivity index (χ3n) is 5.35. The van der Waals surface area contributed by atoms with E-state index in [0.29, 0.717) is 30.8 Å². The summed E-state index contributed by atoms with van der Waals surface area (Å²) in [6, 6.07) is 6.54. The highest BCUT2D eigenvalue weighted by Crippen LogP contribution is 2.28. The van der Waals surface area contributed by atoms with E-state index in [1.165, 1.54) is 0 Å². The van der Waals surface area contributed by atoms with Gasteiger partial charge < -0.3 is 34.9 Å². The van der Waals surface area contributed by atoms with Crippen LogP contribution in [0.1, 0.15) is 26.2 Å². The molecule has 0 spiro atoms. The molecule has 2 aliphatic rings. The van der Waals surface area contributed by atoms with Crippen LogP contribution in [0.3, 0.4) is 0 Å². The topological polar surface area (TPSA) is 109 Å². The lowest BCUT2D eigenvalue weighted by atomic mass is 9.95. The van der Waals surface area contributed by atoms with E-state index in [0.717, 1.165) is 0 Å². The van der Waals surface area contributed by atoms with Gasteiger partial charge in [-0.05, 0) is 31.9 Å². The molecule has 0 saturated carbocycles. The molecular weight excluding hydrogens is 390 g/mol. The molecule has 0 bridgehead atoms. The maximum atomic E-state index is 13.1. The lowest BCUT2D eigenvalue weighted by Crippen LogP contribution is -2.58. The highest BCUT2D eigenvalue weighted by Gasteiger charge is 2.40. The molecule has 1 aromatic carbocycles. The van der Waals surface area contributed by atoms with E-state index in [-0.39, 0.29) is 56.4 Å². The fraction of sp³-hybridized carbons (Fsp3) is 0.619. The van der Waals surface area contributed by atoms with Crippen LogP contribution in [0.5, 0.6) is 5.75 Å². The van der Waals surface area contributed by atoms with Gasteiger partial charge in [-0.3, -0.25) is 4.79 Å². The van der Waals surface area contributed by atoms with Crippen molar-refractivity contribution in [3.05, 3.63) is 24.3 Å². The van der Waals surface area contributed by atoms with Crippen molar-refractivity contribution in [3.8, 4) is 5.75 Å². The zero-order valence-corrected chi connectivity index (χ0v) is 17.5. The standard InChI is InChI=1S/C21H31N3O6/c1-3-22-20(26)10-17-7-8-18-19(30-17)13-29-12-15(25)11-24(18)21(27)23-14-5-4-6-16(9-14)28-2/h4-6,9,15,17-19,25H,3,7-8,10-13H2,1-2H3,(H,22,26)(H,23,27)/t15-,17+,18-,19+/m0/s1. The number of aliphatic hydroxyl groups is 1. The van der Waals surface area contributed by atoms with Crippen LogP contribution in [0, 0.1) is 0 Å². The van der Waals surface area contributed by atoms with Gasteiger partial charge in [0, 0.05) is 18.3 Å². The smallest absolute Gasteiger partial charge is 0.322 e. The lowest BCUT2D eigenvalue weighted by Gasteiger charge is -2.44. The summed E-state index contributed by atoms with van der Waals surface area (Å²) in [4.78, 5) is 26.6. The molecule has 9 heteroatoms. The second kappa shape index (κ2) is 10.6. The number of anilines is 1. The van der Waals surface area contributed by atoms with Crippen LogP contribution in [0.2, 0.25) is 0 Å². The summed E-state index contributed by atoms with van der Waals surface area (Å²) in [6.45, 7) is 2.98. The summed E-state index contributed by atoms with van der Waals surface area (Å²) < 4.78 is 16.9. The van der Waals surface area contributed by atoms with Crippen LogP contribution in [0.25, 0.3) is 0 Å². The Labute approximate surface area is 176 Å². The van der Waals surface area contributed by atoms with E-state index in [1.807, 2.05) is 6.92 Å². The average molecular weight is 421 g/mol. The van der Waals surface area contributed by atoms with Gasteiger partial charge >= 0.3 is 6.03 Å². The van der Waals surface area contributed by atoms with Crippen molar-refractivity contribution in [3.63, 3.8) is 0 Å². The van der Waals surface area contributed by atoms with Crippen molar-refractivity contribution in [1.29, 1.82) is 0 Å². The number of methoxy groups -OCH3 is 1. The molecule has 0 unspecified atom stereocenters. The van der Waals surface area contributed by atoms with Gasteiger partial charge in [0.25, 0.3) is 0 Å². The number of ether oxygens (including phenoxy) is 3. The minimum Gasteiger partial charge on any atom is -0.497 e. The van der Waals surface area contributed by atoms with Gasteiger partial charge in [-0.25, -0.2) is 4.79 Å². The molecule has 2 fully saturated rings. The van der Waals surface area contributed by atoms with Crippen LogP contribution in [0.15, 0.2) is 24.3 Å². The second-order valence-corrected chi connectivity index (χ2v) is 7.60. The van der Waals surface area contributed by atoms with Crippen molar-refractivity contribution < 1.29 is 28.9 Å². The maximum Gasteiger partial charge on any atom is 0.322 e. The summed E-state index contributed by atoms with van der Waals surface area (Å²) in [7, 11) is 1.57. The molecule has 3 rings (SSSR count). The number of rotatable bonds is 5. The van der Waals surface area contributed by atoms with Gasteiger partial charge in [-0.15, -0.1) is 0 Å². The molecule has 30 heavy (non-hydrogen) atoms. The number of fused-ring (bicyclic) bond motifs is 1. The van der Waals surface area contributed by atoms with Gasteiger partial charge in [0.15, 0.2) is 0 Å². The van der Waals surface area contributed by atoms with E-state index < -0.39 is 6.10 Å². The molecule has 0 aromatic heterocycles. The second-order valence-electron chi connectivity index (χ2n) is 7.60. The van der Waals surface area contributed by atoms with E-state index in [4.69, 9.17) is 14.2 Å². The van der Waals surface area contributed by atoms with Crippen LogP contribution >= 0.6 is 0 Å². The lowest BCUT2D eigenvalue weighted by molar-refractivity contribution is -0.149. The number of amides is 3. The molecule has 2 saturated heterocycles. The summed E-state index contributed by atoms with van der Waals surface area (Å²) in [5.41, 5.74) is 0.606. The van der Waals surface area contributed by atoms with Gasteiger partial charge in [-0.2, -0.15) is 0 Å². The molecule has 0 radical (unpaired) electrons. The largest absolute Gasteiger partial charge is 0.497 e. The minimum absolute atomic E-state index is 0.0456. The molecule has 1 aromatic rings. The van der Waals surface area contributed by atoms with Gasteiger partial charge in [0.05, 0.1) is 51.5 Å². The third kappa shape index (κ3) is 5.84. The first-order valence-corrected chi connectivity index (χ1v) is 10.4. The first-order chi connectivity index (χ1) is 14.5. The number of aliphatic hydroxyl groups excluding tert-OH is 1. The van der Waals surface area contributed by atoms with E-state index >= 15 is 0 Å². The van der Waals surface area contributed by atoms with Gasteiger partial charge in [0.1, 0.15) is 11.9 Å². The van der Waals surface area contributed by atoms with Crippen molar-refractivity contribution >= 4 is 17.6 Å². The number of benzene rings is 1. The average Bonchev–Trinajstić information content (AvgIpc) is 2.71. The Morgan fingerprint density at radius 3 is 2.90 bits per heavy atom. The number of urea groups is 1. The Kier molecular flexibility index (Phi) is 7.89. The fourth-order valence-electron chi connectivity index (χ4n) is 3.95. The number of nitrogens with one attached hydrogen (secondary N) is 2. The summed E-state index contributed by atoms with van der Waals surface area (Å²) >= 11 is 0. The first-order valence-electron chi connectivity index (χ1n) is 10.4. The highest BCUT2D eigenvalue weighted by atomic mass is 16.5. The molecular formula is C21H31N3O6. The van der Waals surface area contributed by atoms with Crippen molar-refractivity contribution in [2.24, 2.45) is 0 Å². The third-order valence-corrected chi connectivity index (χ3v) is 5.35. The first kappa shape index (κ1) is 22.3. The summed E-state index contributed by atoms with van der Waals surface area (Å²) in [5.74, 6) is 0.594. The Hall–Kier alpha value is -2.36. The molecule has 2 aliphatic heterocycles. The van der Waals surface area contributed by atoms with E-state index in [2.05, 4.69) is 10.6 Å². The number of nitrogens with zero attached hydrogens (tertiary/aromatic N) is 1. The summed E-state index contributed by atoms with van der Waals surface area (Å²) in [5, 5.41) is 15.9. The van der Waals surface area contributed by atoms with Gasteiger partial charge in [0.2, 0.25) is 5.91 Å². The molecule has 9 nitrogen and oxygen atoms in total. The SMILES string of the molecule is CCNC(=O)C[C@H]1CC[C@H]2[C@@H](COC[C@@H](O)CN2C(=O)Nc2cccc(OC)c2)O1. The Morgan fingerprint density at radius 1 is 1.30 bits per heavy atom. The highest BCUT2D eigenvalue weighted by molar-refractivity contribution is 5.89. The van der Waals surface area contributed by atoms with Crippen LogP contribution in [-0.2, 0) is 14.3 Å². The van der Waals surface area contributed by atoms with Crippen molar-refractivity contribution in [2.45, 2.75) is 50.5 Å². The van der Waals surface area contributed by atoms with E-state index in [1.54, 1.807) is 36.3 Å². The normalized spacial score (nSPS) is 26.7. The maximum absolute atomic E-state index is 13.1.